The number of fused-ring (bicyclic) bond motifs is 1. The number of halogens is 3. The third-order valence-corrected chi connectivity index (χ3v) is 2.32. The van der Waals surface area contributed by atoms with Gasteiger partial charge in [0.15, 0.2) is 11.5 Å². The average molecular weight is 259 g/mol. The Morgan fingerprint density at radius 2 is 2.17 bits per heavy atom. The van der Waals surface area contributed by atoms with Gasteiger partial charge in [0.25, 0.3) is 0 Å². The topological polar surface area (TPSA) is 88.8 Å². The van der Waals surface area contributed by atoms with Crippen LogP contribution >= 0.6 is 0 Å². The van der Waals surface area contributed by atoms with Crippen molar-refractivity contribution in [2.45, 2.75) is 13.1 Å². The molecule has 2 rings (SSSR count). The highest BCUT2D eigenvalue weighted by Gasteiger charge is 2.33. The molecule has 0 aliphatic carbocycles. The van der Waals surface area contributed by atoms with Crippen LogP contribution in [0.15, 0.2) is 17.4 Å². The van der Waals surface area contributed by atoms with Gasteiger partial charge in [-0.25, -0.2) is 9.50 Å². The van der Waals surface area contributed by atoms with E-state index in [0.717, 1.165) is 6.07 Å². The third kappa shape index (κ3) is 1.83. The van der Waals surface area contributed by atoms with Crippen LogP contribution in [0.3, 0.4) is 0 Å². The van der Waals surface area contributed by atoms with Crippen LogP contribution < -0.4 is 5.73 Å². The first-order valence-corrected chi connectivity index (χ1v) is 4.75. The van der Waals surface area contributed by atoms with Gasteiger partial charge in [0.05, 0.1) is 11.8 Å². The lowest BCUT2D eigenvalue weighted by molar-refractivity contribution is -0.141. The Labute approximate surface area is 98.5 Å². The quantitative estimate of drug-likeness (QED) is 0.348. The number of amidine groups is 1. The van der Waals surface area contributed by atoms with E-state index in [1.54, 1.807) is 0 Å². The standard InChI is InChI=1S/C9H8F3N5O/c1-4-2-6(9(10,11)12)15-8-5(7(13)16-18)3-14-17(4)8/h2-3,18H,1H3,(H2,13,16). The van der Waals surface area contributed by atoms with Gasteiger partial charge in [0, 0.05) is 5.69 Å². The molecule has 0 radical (unpaired) electrons. The number of hydrogen-bond donors (Lipinski definition) is 2. The Bertz CT molecular complexity index is 631. The Morgan fingerprint density at radius 1 is 1.50 bits per heavy atom. The number of alkyl halides is 3. The number of nitrogens with two attached hydrogens (primary N) is 1. The molecule has 0 atom stereocenters. The second kappa shape index (κ2) is 3.86. The smallest absolute Gasteiger partial charge is 0.409 e. The van der Waals surface area contributed by atoms with Gasteiger partial charge in [-0.15, -0.1) is 0 Å². The van der Waals surface area contributed by atoms with Crippen molar-refractivity contribution in [3.63, 3.8) is 0 Å². The summed E-state index contributed by atoms with van der Waals surface area (Å²) in [4.78, 5) is 3.44. The summed E-state index contributed by atoms with van der Waals surface area (Å²) in [6, 6.07) is 0.871. The fourth-order valence-corrected chi connectivity index (χ4v) is 1.49. The van der Waals surface area contributed by atoms with Crippen LogP contribution in [-0.4, -0.2) is 25.6 Å². The highest BCUT2D eigenvalue weighted by molar-refractivity contribution is 6.02. The van der Waals surface area contributed by atoms with E-state index in [0.29, 0.717) is 0 Å². The van der Waals surface area contributed by atoms with E-state index in [1.807, 2.05) is 0 Å². The number of rotatable bonds is 1. The predicted molar refractivity (Wildman–Crippen MR) is 55.2 cm³/mol. The molecule has 0 aliphatic rings. The summed E-state index contributed by atoms with van der Waals surface area (Å²) in [5.41, 5.74) is 4.44. The number of oxime groups is 1. The molecule has 3 N–H and O–H groups in total. The largest absolute Gasteiger partial charge is 0.433 e. The zero-order chi connectivity index (χ0) is 13.5. The molecule has 0 amide bonds. The minimum atomic E-state index is -4.57. The Morgan fingerprint density at radius 3 is 2.72 bits per heavy atom. The van der Waals surface area contributed by atoms with Crippen molar-refractivity contribution in [3.05, 3.63) is 29.2 Å². The molecule has 0 bridgehead atoms. The summed E-state index contributed by atoms with van der Waals surface area (Å²) in [7, 11) is 0. The molecule has 0 unspecified atom stereocenters. The van der Waals surface area contributed by atoms with Gasteiger partial charge >= 0.3 is 6.18 Å². The van der Waals surface area contributed by atoms with Crippen LogP contribution in [0, 0.1) is 6.92 Å². The lowest BCUT2D eigenvalue weighted by Crippen LogP contribution is -2.15. The predicted octanol–water partition coefficient (Wildman–Crippen LogP) is 1.15. The van der Waals surface area contributed by atoms with E-state index in [9.17, 15) is 13.2 Å². The molecular formula is C9H8F3N5O. The van der Waals surface area contributed by atoms with E-state index in [2.05, 4.69) is 15.2 Å². The third-order valence-electron chi connectivity index (χ3n) is 2.32. The second-order valence-electron chi connectivity index (χ2n) is 3.56. The van der Waals surface area contributed by atoms with Gasteiger partial charge in [0.2, 0.25) is 0 Å². The fraction of sp³-hybridized carbons (Fsp3) is 0.222. The van der Waals surface area contributed by atoms with Crippen LogP contribution in [0.2, 0.25) is 0 Å². The maximum atomic E-state index is 12.6. The van der Waals surface area contributed by atoms with Crippen molar-refractivity contribution in [2.75, 3.05) is 0 Å². The number of nitrogens with zero attached hydrogens (tertiary/aromatic N) is 4. The molecule has 9 heteroatoms. The van der Waals surface area contributed by atoms with E-state index < -0.39 is 11.9 Å². The van der Waals surface area contributed by atoms with Gasteiger partial charge in [-0.1, -0.05) is 5.16 Å². The van der Waals surface area contributed by atoms with Crippen molar-refractivity contribution >= 4 is 11.5 Å². The van der Waals surface area contributed by atoms with Gasteiger partial charge in [0.1, 0.15) is 5.69 Å². The average Bonchev–Trinajstić information content (AvgIpc) is 2.71. The van der Waals surface area contributed by atoms with Crippen LogP contribution in [0.1, 0.15) is 17.0 Å². The summed E-state index contributed by atoms with van der Waals surface area (Å²) in [5.74, 6) is -0.351. The van der Waals surface area contributed by atoms with Gasteiger partial charge in [-0.05, 0) is 13.0 Å². The molecule has 0 spiro atoms. The summed E-state index contributed by atoms with van der Waals surface area (Å²) in [6.07, 6.45) is -3.39. The van der Waals surface area contributed by atoms with Gasteiger partial charge in [-0.3, -0.25) is 0 Å². The minimum Gasteiger partial charge on any atom is -0.409 e. The van der Waals surface area contributed by atoms with Crippen LogP contribution in [0.5, 0.6) is 0 Å². The Balaban J connectivity index is 2.76. The minimum absolute atomic E-state index is 0.0340. The van der Waals surface area contributed by atoms with Crippen molar-refractivity contribution < 1.29 is 18.4 Å². The van der Waals surface area contributed by atoms with Gasteiger partial charge < -0.3 is 10.9 Å². The monoisotopic (exact) mass is 259 g/mol. The normalized spacial score (nSPS) is 13.2. The first kappa shape index (κ1) is 12.1. The fourth-order valence-electron chi connectivity index (χ4n) is 1.49. The molecule has 0 aromatic carbocycles. The maximum Gasteiger partial charge on any atom is 0.433 e. The summed E-state index contributed by atoms with van der Waals surface area (Å²) in [5, 5.41) is 15.1. The van der Waals surface area contributed by atoms with E-state index in [4.69, 9.17) is 10.9 Å². The number of aromatic nitrogens is 3. The first-order chi connectivity index (χ1) is 8.34. The molecule has 0 aliphatic heterocycles. The van der Waals surface area contributed by atoms with Crippen LogP contribution in [0.4, 0.5) is 13.2 Å². The second-order valence-corrected chi connectivity index (χ2v) is 3.56. The van der Waals surface area contributed by atoms with Gasteiger partial charge in [-0.2, -0.15) is 18.3 Å². The molecule has 96 valence electrons. The molecule has 0 saturated carbocycles. The zero-order valence-corrected chi connectivity index (χ0v) is 9.10. The number of aryl methyl sites for hydroxylation is 1. The zero-order valence-electron chi connectivity index (χ0n) is 9.10. The lowest BCUT2D eigenvalue weighted by atomic mass is 10.3. The van der Waals surface area contributed by atoms with Crippen molar-refractivity contribution in [2.24, 2.45) is 10.9 Å². The Kier molecular flexibility index (Phi) is 2.60. The van der Waals surface area contributed by atoms with Crippen molar-refractivity contribution in [1.29, 1.82) is 0 Å². The molecule has 0 saturated heterocycles. The first-order valence-electron chi connectivity index (χ1n) is 4.75. The molecule has 0 fully saturated rings. The molecule has 2 heterocycles. The molecule has 18 heavy (non-hydrogen) atoms. The lowest BCUT2D eigenvalue weighted by Gasteiger charge is -2.08. The van der Waals surface area contributed by atoms with Crippen molar-refractivity contribution in [1.82, 2.24) is 14.6 Å². The van der Waals surface area contributed by atoms with E-state index in [1.165, 1.54) is 17.6 Å². The highest BCUT2D eigenvalue weighted by atomic mass is 19.4. The molecular weight excluding hydrogens is 251 g/mol. The van der Waals surface area contributed by atoms with E-state index in [-0.39, 0.29) is 22.7 Å². The summed E-state index contributed by atoms with van der Waals surface area (Å²) >= 11 is 0. The van der Waals surface area contributed by atoms with Crippen molar-refractivity contribution in [3.8, 4) is 0 Å². The number of hydrogen-bond acceptors (Lipinski definition) is 4. The molecule has 2 aromatic rings. The van der Waals surface area contributed by atoms with Crippen LogP contribution in [-0.2, 0) is 6.18 Å². The molecule has 2 aromatic heterocycles. The van der Waals surface area contributed by atoms with E-state index >= 15 is 0 Å². The molecule has 6 nitrogen and oxygen atoms in total. The van der Waals surface area contributed by atoms with Crippen LogP contribution in [0.25, 0.3) is 5.65 Å². The summed E-state index contributed by atoms with van der Waals surface area (Å²) in [6.45, 7) is 1.45. The SMILES string of the molecule is Cc1cc(C(F)(F)F)nc2c(/C(N)=N/O)cnn12. The highest BCUT2D eigenvalue weighted by Crippen LogP contribution is 2.28. The summed E-state index contributed by atoms with van der Waals surface area (Å²) < 4.78 is 39.0. The Hall–Kier alpha value is -2.32. The maximum absolute atomic E-state index is 12.6.